The first kappa shape index (κ1) is 13.9. The molecule has 0 spiro atoms. The van der Waals surface area contributed by atoms with Crippen molar-refractivity contribution in [2.24, 2.45) is 0 Å². The molecule has 0 saturated heterocycles. The predicted octanol–water partition coefficient (Wildman–Crippen LogP) is 2.87. The van der Waals surface area contributed by atoms with E-state index in [1.807, 2.05) is 6.92 Å². The van der Waals surface area contributed by atoms with Crippen molar-refractivity contribution in [1.29, 1.82) is 0 Å². The van der Waals surface area contributed by atoms with Gasteiger partial charge >= 0.3 is 0 Å². The maximum atomic E-state index is 9.55. The van der Waals surface area contributed by atoms with Crippen molar-refractivity contribution in [3.63, 3.8) is 0 Å². The first-order valence-corrected chi connectivity index (χ1v) is 6.06. The molecule has 0 saturated carbocycles. The van der Waals surface area contributed by atoms with Crippen molar-refractivity contribution in [2.75, 3.05) is 0 Å². The molecular formula is C12H26O2. The van der Waals surface area contributed by atoms with Gasteiger partial charge in [-0.25, -0.2) is 0 Å². The topological polar surface area (TPSA) is 40.5 Å². The van der Waals surface area contributed by atoms with Gasteiger partial charge in [0.05, 0.1) is 12.2 Å². The van der Waals surface area contributed by atoms with E-state index < -0.39 is 0 Å². The number of hydrogen-bond acceptors (Lipinski definition) is 2. The molecule has 0 rings (SSSR count). The third-order valence-electron chi connectivity index (χ3n) is 2.66. The van der Waals surface area contributed by atoms with Gasteiger partial charge in [-0.15, -0.1) is 0 Å². The van der Waals surface area contributed by atoms with Crippen LogP contribution in [0.3, 0.4) is 0 Å². The minimum atomic E-state index is -0.319. The number of aliphatic hydroxyl groups excluding tert-OH is 2. The molecule has 0 aliphatic carbocycles. The molecule has 0 amide bonds. The lowest BCUT2D eigenvalue weighted by Gasteiger charge is -2.13. The van der Waals surface area contributed by atoms with Gasteiger partial charge in [0, 0.05) is 0 Å². The molecular weight excluding hydrogens is 176 g/mol. The molecule has 0 aromatic carbocycles. The lowest BCUT2D eigenvalue weighted by molar-refractivity contribution is 0.0721. The second kappa shape index (κ2) is 9.47. The quantitative estimate of drug-likeness (QED) is 0.564. The summed E-state index contributed by atoms with van der Waals surface area (Å²) in [5, 5.41) is 18.9. The second-order valence-corrected chi connectivity index (χ2v) is 4.15. The fraction of sp³-hybridized carbons (Fsp3) is 1.00. The third-order valence-corrected chi connectivity index (χ3v) is 2.66. The van der Waals surface area contributed by atoms with Crippen LogP contribution in [-0.2, 0) is 0 Å². The Hall–Kier alpha value is -0.0800. The van der Waals surface area contributed by atoms with Crippen LogP contribution in [-0.4, -0.2) is 22.4 Å². The van der Waals surface area contributed by atoms with Crippen LogP contribution in [0.4, 0.5) is 0 Å². The Balaban J connectivity index is 3.22. The maximum absolute atomic E-state index is 9.55. The SMILES string of the molecule is CCCCCCCC(O)CC(O)CC. The van der Waals surface area contributed by atoms with E-state index in [-0.39, 0.29) is 12.2 Å². The van der Waals surface area contributed by atoms with Crippen molar-refractivity contribution in [2.45, 2.75) is 77.4 Å². The summed E-state index contributed by atoms with van der Waals surface area (Å²) < 4.78 is 0. The highest BCUT2D eigenvalue weighted by molar-refractivity contribution is 4.62. The zero-order chi connectivity index (χ0) is 10.8. The molecule has 2 unspecified atom stereocenters. The molecule has 86 valence electrons. The highest BCUT2D eigenvalue weighted by Gasteiger charge is 2.09. The Morgan fingerprint density at radius 3 is 2.07 bits per heavy atom. The molecule has 14 heavy (non-hydrogen) atoms. The molecule has 0 heterocycles. The molecule has 2 atom stereocenters. The smallest absolute Gasteiger partial charge is 0.0564 e. The largest absolute Gasteiger partial charge is 0.393 e. The Morgan fingerprint density at radius 2 is 1.50 bits per heavy atom. The van der Waals surface area contributed by atoms with Crippen LogP contribution < -0.4 is 0 Å². The molecule has 0 bridgehead atoms. The highest BCUT2D eigenvalue weighted by atomic mass is 16.3. The van der Waals surface area contributed by atoms with Crippen molar-refractivity contribution in [1.82, 2.24) is 0 Å². The van der Waals surface area contributed by atoms with Gasteiger partial charge in [-0.3, -0.25) is 0 Å². The molecule has 0 aromatic rings. The van der Waals surface area contributed by atoms with Crippen LogP contribution in [0.2, 0.25) is 0 Å². The summed E-state index contributed by atoms with van der Waals surface area (Å²) in [6.07, 6.45) is 7.67. The van der Waals surface area contributed by atoms with E-state index in [0.717, 1.165) is 19.3 Å². The van der Waals surface area contributed by atoms with Gasteiger partial charge in [0.2, 0.25) is 0 Å². The Labute approximate surface area is 88.3 Å². The van der Waals surface area contributed by atoms with Crippen LogP contribution >= 0.6 is 0 Å². The van der Waals surface area contributed by atoms with Crippen molar-refractivity contribution >= 4 is 0 Å². The van der Waals surface area contributed by atoms with Crippen molar-refractivity contribution in [3.05, 3.63) is 0 Å². The number of aliphatic hydroxyl groups is 2. The average molecular weight is 202 g/mol. The van der Waals surface area contributed by atoms with E-state index in [0.29, 0.717) is 6.42 Å². The van der Waals surface area contributed by atoms with Gasteiger partial charge in [0.25, 0.3) is 0 Å². The van der Waals surface area contributed by atoms with Gasteiger partial charge in [-0.1, -0.05) is 46.0 Å². The monoisotopic (exact) mass is 202 g/mol. The van der Waals surface area contributed by atoms with E-state index in [2.05, 4.69) is 6.92 Å². The summed E-state index contributed by atoms with van der Waals surface area (Å²) in [4.78, 5) is 0. The highest BCUT2D eigenvalue weighted by Crippen LogP contribution is 2.11. The second-order valence-electron chi connectivity index (χ2n) is 4.15. The molecule has 0 aromatic heterocycles. The molecule has 0 fully saturated rings. The normalized spacial score (nSPS) is 15.4. The zero-order valence-electron chi connectivity index (χ0n) is 9.71. The summed E-state index contributed by atoms with van der Waals surface area (Å²) in [5.74, 6) is 0. The molecule has 0 radical (unpaired) electrons. The predicted molar refractivity (Wildman–Crippen MR) is 60.3 cm³/mol. The Morgan fingerprint density at radius 1 is 0.857 bits per heavy atom. The van der Waals surface area contributed by atoms with Crippen molar-refractivity contribution in [3.8, 4) is 0 Å². The zero-order valence-corrected chi connectivity index (χ0v) is 9.71. The molecule has 2 nitrogen and oxygen atoms in total. The van der Waals surface area contributed by atoms with Gasteiger partial charge in [-0.05, 0) is 19.3 Å². The van der Waals surface area contributed by atoms with Crippen LogP contribution in [0.25, 0.3) is 0 Å². The fourth-order valence-electron chi connectivity index (χ4n) is 1.58. The number of unbranched alkanes of at least 4 members (excludes halogenated alkanes) is 4. The number of rotatable bonds is 9. The van der Waals surface area contributed by atoms with E-state index in [4.69, 9.17) is 0 Å². The fourth-order valence-corrected chi connectivity index (χ4v) is 1.58. The van der Waals surface area contributed by atoms with Gasteiger partial charge < -0.3 is 10.2 Å². The van der Waals surface area contributed by atoms with Crippen LogP contribution in [0.15, 0.2) is 0 Å². The minimum absolute atomic E-state index is 0.299. The van der Waals surface area contributed by atoms with Gasteiger partial charge in [0.15, 0.2) is 0 Å². The van der Waals surface area contributed by atoms with E-state index in [1.54, 1.807) is 0 Å². The summed E-state index contributed by atoms with van der Waals surface area (Å²) in [5.41, 5.74) is 0. The lowest BCUT2D eigenvalue weighted by Crippen LogP contribution is -2.16. The molecule has 2 N–H and O–H groups in total. The van der Waals surface area contributed by atoms with Crippen molar-refractivity contribution < 1.29 is 10.2 Å². The molecule has 0 aliphatic heterocycles. The summed E-state index contributed by atoms with van der Waals surface area (Å²) in [6, 6.07) is 0. The molecule has 2 heteroatoms. The average Bonchev–Trinajstić information content (AvgIpc) is 2.17. The summed E-state index contributed by atoms with van der Waals surface area (Å²) >= 11 is 0. The van der Waals surface area contributed by atoms with Gasteiger partial charge in [-0.2, -0.15) is 0 Å². The van der Waals surface area contributed by atoms with Gasteiger partial charge in [0.1, 0.15) is 0 Å². The standard InChI is InChI=1S/C12H26O2/c1-3-5-6-7-8-9-12(14)10-11(13)4-2/h11-14H,3-10H2,1-2H3. The first-order chi connectivity index (χ1) is 6.70. The Bertz CT molecular complexity index is 115. The van der Waals surface area contributed by atoms with E-state index in [1.165, 1.54) is 25.7 Å². The first-order valence-electron chi connectivity index (χ1n) is 6.06. The van der Waals surface area contributed by atoms with Crippen LogP contribution in [0.5, 0.6) is 0 Å². The molecule has 0 aliphatic rings. The summed E-state index contributed by atoms with van der Waals surface area (Å²) in [6.45, 7) is 4.14. The van der Waals surface area contributed by atoms with E-state index >= 15 is 0 Å². The lowest BCUT2D eigenvalue weighted by atomic mass is 10.0. The number of hydrogen-bond donors (Lipinski definition) is 2. The minimum Gasteiger partial charge on any atom is -0.393 e. The van der Waals surface area contributed by atoms with Crippen LogP contribution in [0, 0.1) is 0 Å². The van der Waals surface area contributed by atoms with Crippen LogP contribution in [0.1, 0.15) is 65.2 Å². The third kappa shape index (κ3) is 8.52. The maximum Gasteiger partial charge on any atom is 0.0564 e. The van der Waals surface area contributed by atoms with E-state index in [9.17, 15) is 10.2 Å². The Kier molecular flexibility index (Phi) is 9.42. The summed E-state index contributed by atoms with van der Waals surface area (Å²) in [7, 11) is 0.